The highest BCUT2D eigenvalue weighted by Gasteiger charge is 2.13. The van der Waals surface area contributed by atoms with Gasteiger partial charge >= 0.3 is 0 Å². The molecular weight excluding hydrogens is 275 g/mol. The van der Waals surface area contributed by atoms with Crippen molar-refractivity contribution in [1.82, 2.24) is 9.78 Å². The smallest absolute Gasteiger partial charge is 0.139 e. The molecule has 6 heteroatoms. The molecule has 1 aromatic heterocycles. The summed E-state index contributed by atoms with van der Waals surface area (Å²) in [6, 6.07) is 3.91. The van der Waals surface area contributed by atoms with Crippen molar-refractivity contribution in [2.75, 3.05) is 13.7 Å². The fourth-order valence-electron chi connectivity index (χ4n) is 1.91. The Bertz CT molecular complexity index is 593. The molecule has 2 rings (SSSR count). The quantitative estimate of drug-likeness (QED) is 0.604. The van der Waals surface area contributed by atoms with Gasteiger partial charge in [-0.1, -0.05) is 19.6 Å². The first-order valence-electron chi connectivity index (χ1n) is 6.67. The van der Waals surface area contributed by atoms with Crippen molar-refractivity contribution in [1.29, 1.82) is 0 Å². The van der Waals surface area contributed by atoms with Crippen LogP contribution >= 0.6 is 0 Å². The second-order valence-electron chi connectivity index (χ2n) is 6.03. The Kier molecular flexibility index (Phi) is 4.44. The zero-order valence-electron chi connectivity index (χ0n) is 12.4. The Hall–Kier alpha value is -1.40. The van der Waals surface area contributed by atoms with Crippen LogP contribution in [0.3, 0.4) is 0 Å². The number of benzene rings is 1. The molecule has 1 aromatic carbocycles. The first-order chi connectivity index (χ1) is 9.40. The standard InChI is InChI=1S/C14H21FN2O2Si/c1-18-14-8-11(15)7-13-12(14)9-16-17(13)10-19-5-6-20(2,3)4/h7-9H,5-6,10H2,1-4H3. The van der Waals surface area contributed by atoms with Gasteiger partial charge in [-0.2, -0.15) is 5.10 Å². The van der Waals surface area contributed by atoms with Crippen LogP contribution in [0.5, 0.6) is 5.75 Å². The maximum atomic E-state index is 13.5. The van der Waals surface area contributed by atoms with Gasteiger partial charge in [-0.05, 0) is 6.04 Å². The lowest BCUT2D eigenvalue weighted by molar-refractivity contribution is 0.0816. The van der Waals surface area contributed by atoms with E-state index in [4.69, 9.17) is 9.47 Å². The molecule has 0 atom stereocenters. The van der Waals surface area contributed by atoms with Crippen molar-refractivity contribution in [2.24, 2.45) is 0 Å². The molecule has 0 aliphatic heterocycles. The predicted octanol–water partition coefficient (Wildman–Crippen LogP) is 3.50. The van der Waals surface area contributed by atoms with E-state index in [1.807, 2.05) is 0 Å². The number of hydrogen-bond donors (Lipinski definition) is 0. The molecule has 0 fully saturated rings. The van der Waals surface area contributed by atoms with Gasteiger partial charge in [0, 0.05) is 26.8 Å². The van der Waals surface area contributed by atoms with Crippen LogP contribution in [0, 0.1) is 5.82 Å². The minimum Gasteiger partial charge on any atom is -0.496 e. The minimum absolute atomic E-state index is 0.334. The summed E-state index contributed by atoms with van der Waals surface area (Å²) >= 11 is 0. The van der Waals surface area contributed by atoms with E-state index in [9.17, 15) is 4.39 Å². The molecule has 4 nitrogen and oxygen atoms in total. The molecule has 0 amide bonds. The first-order valence-corrected chi connectivity index (χ1v) is 10.4. The normalized spacial score (nSPS) is 12.1. The van der Waals surface area contributed by atoms with Gasteiger partial charge in [0.1, 0.15) is 18.3 Å². The highest BCUT2D eigenvalue weighted by Crippen LogP contribution is 2.26. The third-order valence-electron chi connectivity index (χ3n) is 3.12. The number of fused-ring (bicyclic) bond motifs is 1. The first kappa shape index (κ1) is 15.0. The van der Waals surface area contributed by atoms with Crippen molar-refractivity contribution in [2.45, 2.75) is 32.4 Å². The Morgan fingerprint density at radius 2 is 2.05 bits per heavy atom. The number of methoxy groups -OCH3 is 1. The lowest BCUT2D eigenvalue weighted by Gasteiger charge is -2.15. The van der Waals surface area contributed by atoms with Crippen molar-refractivity contribution in [3.05, 3.63) is 24.1 Å². The van der Waals surface area contributed by atoms with Crippen molar-refractivity contribution in [3.8, 4) is 5.75 Å². The Balaban J connectivity index is 2.09. The maximum absolute atomic E-state index is 13.5. The fourth-order valence-corrected chi connectivity index (χ4v) is 2.67. The van der Waals surface area contributed by atoms with Crippen LogP contribution in [-0.4, -0.2) is 31.6 Å². The van der Waals surface area contributed by atoms with Crippen molar-refractivity contribution >= 4 is 19.0 Å². The van der Waals surface area contributed by atoms with E-state index in [0.29, 0.717) is 24.6 Å². The predicted molar refractivity (Wildman–Crippen MR) is 80.3 cm³/mol. The van der Waals surface area contributed by atoms with Crippen molar-refractivity contribution < 1.29 is 13.9 Å². The van der Waals surface area contributed by atoms with Gasteiger partial charge in [-0.15, -0.1) is 0 Å². The lowest BCUT2D eigenvalue weighted by atomic mass is 10.2. The molecule has 0 aliphatic rings. The van der Waals surface area contributed by atoms with E-state index < -0.39 is 8.07 Å². The van der Waals surface area contributed by atoms with E-state index in [0.717, 1.165) is 11.4 Å². The fraction of sp³-hybridized carbons (Fsp3) is 0.500. The summed E-state index contributed by atoms with van der Waals surface area (Å²) < 4.78 is 26.0. The van der Waals surface area contributed by atoms with Gasteiger partial charge < -0.3 is 9.47 Å². The molecule has 2 aromatic rings. The summed E-state index contributed by atoms with van der Waals surface area (Å²) in [5, 5.41) is 5.03. The Morgan fingerprint density at radius 3 is 2.70 bits per heavy atom. The molecule has 0 radical (unpaired) electrons. The second-order valence-corrected chi connectivity index (χ2v) is 11.7. The summed E-state index contributed by atoms with van der Waals surface area (Å²) in [5.41, 5.74) is 0.690. The van der Waals surface area contributed by atoms with Gasteiger partial charge in [-0.3, -0.25) is 0 Å². The molecule has 0 N–H and O–H groups in total. The number of nitrogens with zero attached hydrogens (tertiary/aromatic N) is 2. The van der Waals surface area contributed by atoms with Crippen LogP contribution in [0.15, 0.2) is 18.3 Å². The summed E-state index contributed by atoms with van der Waals surface area (Å²) in [6.07, 6.45) is 1.68. The largest absolute Gasteiger partial charge is 0.496 e. The van der Waals surface area contributed by atoms with Gasteiger partial charge in [-0.25, -0.2) is 9.07 Å². The van der Waals surface area contributed by atoms with Gasteiger partial charge in [0.15, 0.2) is 0 Å². The number of aromatic nitrogens is 2. The van der Waals surface area contributed by atoms with Gasteiger partial charge in [0.25, 0.3) is 0 Å². The van der Waals surface area contributed by atoms with Crippen LogP contribution < -0.4 is 4.74 Å². The van der Waals surface area contributed by atoms with Crippen LogP contribution in [0.1, 0.15) is 0 Å². The number of ether oxygens (including phenoxy) is 2. The average Bonchev–Trinajstić information content (AvgIpc) is 2.75. The number of halogens is 1. The SMILES string of the molecule is COc1cc(F)cc2c1cnn2COCC[Si](C)(C)C. The highest BCUT2D eigenvalue weighted by molar-refractivity contribution is 6.76. The van der Waals surface area contributed by atoms with Crippen LogP contribution in [0.25, 0.3) is 10.9 Å². The van der Waals surface area contributed by atoms with Crippen LogP contribution in [0.2, 0.25) is 25.7 Å². The zero-order chi connectivity index (χ0) is 14.8. The summed E-state index contributed by atoms with van der Waals surface area (Å²) in [7, 11) is 0.433. The third-order valence-corrected chi connectivity index (χ3v) is 4.82. The topological polar surface area (TPSA) is 36.3 Å². The van der Waals surface area contributed by atoms with E-state index in [-0.39, 0.29) is 5.82 Å². The molecule has 0 saturated heterocycles. The van der Waals surface area contributed by atoms with Crippen molar-refractivity contribution in [3.63, 3.8) is 0 Å². The average molecular weight is 296 g/mol. The molecule has 0 bridgehead atoms. The molecule has 0 spiro atoms. The molecule has 0 aliphatic carbocycles. The van der Waals surface area contributed by atoms with E-state index in [2.05, 4.69) is 24.7 Å². The number of rotatable bonds is 6. The van der Waals surface area contributed by atoms with Crippen LogP contribution in [-0.2, 0) is 11.5 Å². The molecule has 1 heterocycles. The summed E-state index contributed by atoms with van der Waals surface area (Å²) in [5.74, 6) is 0.159. The third kappa shape index (κ3) is 3.58. The molecule has 20 heavy (non-hydrogen) atoms. The van der Waals surface area contributed by atoms with E-state index >= 15 is 0 Å². The highest BCUT2D eigenvalue weighted by atomic mass is 28.3. The van der Waals surface area contributed by atoms with E-state index in [1.54, 1.807) is 10.9 Å². The minimum atomic E-state index is -1.09. The lowest BCUT2D eigenvalue weighted by Crippen LogP contribution is -2.22. The monoisotopic (exact) mass is 296 g/mol. The molecular formula is C14H21FN2O2Si. The Morgan fingerprint density at radius 1 is 1.30 bits per heavy atom. The Labute approximate surface area is 119 Å². The number of hydrogen-bond acceptors (Lipinski definition) is 3. The molecule has 110 valence electrons. The van der Waals surface area contributed by atoms with E-state index in [1.165, 1.54) is 19.2 Å². The molecule has 0 saturated carbocycles. The van der Waals surface area contributed by atoms with Gasteiger partial charge in [0.05, 0.1) is 24.2 Å². The molecule has 0 unspecified atom stereocenters. The second kappa shape index (κ2) is 5.93. The maximum Gasteiger partial charge on any atom is 0.139 e. The summed E-state index contributed by atoms with van der Waals surface area (Å²) in [4.78, 5) is 0. The summed E-state index contributed by atoms with van der Waals surface area (Å²) in [6.45, 7) is 7.96. The van der Waals surface area contributed by atoms with Gasteiger partial charge in [0.2, 0.25) is 0 Å². The van der Waals surface area contributed by atoms with Crippen LogP contribution in [0.4, 0.5) is 4.39 Å². The zero-order valence-corrected chi connectivity index (χ0v) is 13.4.